The summed E-state index contributed by atoms with van der Waals surface area (Å²) in [5.41, 5.74) is -0.282. The van der Waals surface area contributed by atoms with E-state index in [0.717, 1.165) is 25.7 Å². The van der Waals surface area contributed by atoms with E-state index in [0.29, 0.717) is 0 Å². The van der Waals surface area contributed by atoms with Gasteiger partial charge in [-0.25, -0.2) is 0 Å². The first-order valence-electron chi connectivity index (χ1n) is 5.21. The van der Waals surface area contributed by atoms with Gasteiger partial charge in [-0.2, -0.15) is 5.26 Å². The summed E-state index contributed by atoms with van der Waals surface area (Å²) in [6.07, 6.45) is 3.80. The van der Waals surface area contributed by atoms with Gasteiger partial charge in [0.2, 0.25) is 5.91 Å². The number of nitriles is 1. The number of carbonyl (C=O) groups is 1. The molecule has 3 heteroatoms. The molecular weight excluding hydrogens is 176 g/mol. The van der Waals surface area contributed by atoms with Crippen LogP contribution in [-0.2, 0) is 4.79 Å². The number of nitrogens with zero attached hydrogens (tertiary/aromatic N) is 1. The minimum atomic E-state index is -0.572. The van der Waals surface area contributed by atoms with Crippen molar-refractivity contribution in [3.05, 3.63) is 0 Å². The van der Waals surface area contributed by atoms with E-state index in [9.17, 15) is 4.79 Å². The minimum absolute atomic E-state index is 0.104. The monoisotopic (exact) mass is 194 g/mol. The van der Waals surface area contributed by atoms with Crippen molar-refractivity contribution in [1.82, 2.24) is 5.32 Å². The lowest BCUT2D eigenvalue weighted by atomic mass is 9.55. The Balaban J connectivity index is 2.65. The highest BCUT2D eigenvalue weighted by atomic mass is 16.1. The largest absolute Gasteiger partial charge is 0.338 e. The molecule has 1 saturated carbocycles. The molecule has 1 aliphatic rings. The molecule has 0 aromatic rings. The van der Waals surface area contributed by atoms with Crippen LogP contribution in [0, 0.1) is 16.7 Å². The first-order valence-corrected chi connectivity index (χ1v) is 5.21. The second kappa shape index (κ2) is 3.61. The van der Waals surface area contributed by atoms with Gasteiger partial charge < -0.3 is 5.32 Å². The molecule has 1 N–H and O–H groups in total. The summed E-state index contributed by atoms with van der Waals surface area (Å²) in [5.74, 6) is -0.104. The Bertz CT molecular complexity index is 266. The molecule has 78 valence electrons. The molecule has 1 aliphatic carbocycles. The molecule has 1 amide bonds. The highest BCUT2D eigenvalue weighted by molar-refractivity contribution is 5.74. The van der Waals surface area contributed by atoms with E-state index in [-0.39, 0.29) is 11.3 Å². The van der Waals surface area contributed by atoms with Crippen LogP contribution in [0.5, 0.6) is 0 Å². The topological polar surface area (TPSA) is 52.9 Å². The Hall–Kier alpha value is -1.04. The molecule has 0 heterocycles. The smallest absolute Gasteiger partial charge is 0.218 e. The van der Waals surface area contributed by atoms with Crippen molar-refractivity contribution in [3.8, 4) is 6.07 Å². The fraction of sp³-hybridized carbons (Fsp3) is 0.818. The Morgan fingerprint density at radius 1 is 1.43 bits per heavy atom. The van der Waals surface area contributed by atoms with E-state index in [1.807, 2.05) is 0 Å². The first kappa shape index (κ1) is 11.0. The maximum absolute atomic E-state index is 10.9. The van der Waals surface area contributed by atoms with E-state index >= 15 is 0 Å². The fourth-order valence-corrected chi connectivity index (χ4v) is 2.51. The van der Waals surface area contributed by atoms with E-state index in [4.69, 9.17) is 5.26 Å². The number of amides is 1. The quantitative estimate of drug-likeness (QED) is 0.747. The van der Waals surface area contributed by atoms with Gasteiger partial charge in [0, 0.05) is 6.92 Å². The average molecular weight is 194 g/mol. The average Bonchev–Trinajstić information content (AvgIpc) is 2.10. The predicted molar refractivity (Wildman–Crippen MR) is 54.4 cm³/mol. The summed E-state index contributed by atoms with van der Waals surface area (Å²) < 4.78 is 0. The summed E-state index contributed by atoms with van der Waals surface area (Å²) >= 11 is 0. The SMILES string of the molecule is CCC1(CC)CC(C#N)(NC(C)=O)C1. The van der Waals surface area contributed by atoms with Crippen molar-refractivity contribution in [3.63, 3.8) is 0 Å². The number of hydrogen-bond donors (Lipinski definition) is 1. The van der Waals surface area contributed by atoms with Crippen LogP contribution in [0.4, 0.5) is 0 Å². The zero-order chi connectivity index (χ0) is 10.8. The van der Waals surface area contributed by atoms with Gasteiger partial charge in [-0.3, -0.25) is 4.79 Å². The Kier molecular flexibility index (Phi) is 2.84. The lowest BCUT2D eigenvalue weighted by Crippen LogP contribution is -2.60. The van der Waals surface area contributed by atoms with E-state index < -0.39 is 5.54 Å². The molecule has 0 aromatic carbocycles. The van der Waals surface area contributed by atoms with Crippen LogP contribution in [0.3, 0.4) is 0 Å². The van der Waals surface area contributed by atoms with Crippen molar-refractivity contribution in [2.45, 2.75) is 52.0 Å². The zero-order valence-electron chi connectivity index (χ0n) is 9.18. The van der Waals surface area contributed by atoms with Gasteiger partial charge in [-0.1, -0.05) is 26.7 Å². The zero-order valence-corrected chi connectivity index (χ0v) is 9.18. The van der Waals surface area contributed by atoms with Crippen LogP contribution in [0.1, 0.15) is 46.5 Å². The standard InChI is InChI=1S/C11H18N2O/c1-4-10(5-2)6-11(7-10,8-12)13-9(3)14/h4-7H2,1-3H3,(H,13,14). The number of hydrogen-bond acceptors (Lipinski definition) is 2. The van der Waals surface area contributed by atoms with Gasteiger partial charge in [-0.15, -0.1) is 0 Å². The molecule has 0 bridgehead atoms. The Morgan fingerprint density at radius 3 is 2.21 bits per heavy atom. The lowest BCUT2D eigenvalue weighted by molar-refractivity contribution is -0.123. The molecule has 14 heavy (non-hydrogen) atoms. The van der Waals surface area contributed by atoms with Crippen LogP contribution in [-0.4, -0.2) is 11.4 Å². The third-order valence-electron chi connectivity index (χ3n) is 3.48. The molecule has 1 fully saturated rings. The predicted octanol–water partition coefficient (Wildman–Crippen LogP) is 1.99. The maximum Gasteiger partial charge on any atom is 0.218 e. The molecule has 0 saturated heterocycles. The summed E-state index contributed by atoms with van der Waals surface area (Å²) in [4.78, 5) is 10.9. The summed E-state index contributed by atoms with van der Waals surface area (Å²) in [6.45, 7) is 5.77. The van der Waals surface area contributed by atoms with Crippen molar-refractivity contribution in [2.24, 2.45) is 5.41 Å². The van der Waals surface area contributed by atoms with Crippen molar-refractivity contribution in [1.29, 1.82) is 5.26 Å². The van der Waals surface area contributed by atoms with E-state index in [2.05, 4.69) is 25.2 Å². The molecule has 0 aliphatic heterocycles. The number of rotatable bonds is 3. The van der Waals surface area contributed by atoms with E-state index in [1.165, 1.54) is 6.92 Å². The summed E-state index contributed by atoms with van der Waals surface area (Å²) in [5, 5.41) is 11.8. The van der Waals surface area contributed by atoms with E-state index in [1.54, 1.807) is 0 Å². The maximum atomic E-state index is 10.9. The molecule has 0 radical (unpaired) electrons. The van der Waals surface area contributed by atoms with Crippen LogP contribution in [0.25, 0.3) is 0 Å². The van der Waals surface area contributed by atoms with Gasteiger partial charge in [-0.05, 0) is 18.3 Å². The fourth-order valence-electron chi connectivity index (χ4n) is 2.51. The van der Waals surface area contributed by atoms with Crippen LogP contribution in [0.15, 0.2) is 0 Å². The molecule has 0 unspecified atom stereocenters. The van der Waals surface area contributed by atoms with Crippen LogP contribution < -0.4 is 5.32 Å². The normalized spacial score (nSPS) is 21.9. The first-order chi connectivity index (χ1) is 6.51. The van der Waals surface area contributed by atoms with Crippen LogP contribution >= 0.6 is 0 Å². The molecule has 0 atom stereocenters. The Morgan fingerprint density at radius 2 is 1.93 bits per heavy atom. The van der Waals surface area contributed by atoms with Gasteiger partial charge in [0.15, 0.2) is 0 Å². The van der Waals surface area contributed by atoms with Crippen LogP contribution in [0.2, 0.25) is 0 Å². The van der Waals surface area contributed by atoms with Gasteiger partial charge in [0.05, 0.1) is 6.07 Å². The number of nitrogens with one attached hydrogen (secondary N) is 1. The van der Waals surface area contributed by atoms with Crippen molar-refractivity contribution < 1.29 is 4.79 Å². The highest BCUT2D eigenvalue weighted by Gasteiger charge is 2.53. The van der Waals surface area contributed by atoms with Gasteiger partial charge in [0.25, 0.3) is 0 Å². The summed E-state index contributed by atoms with van der Waals surface area (Å²) in [6, 6.07) is 2.24. The minimum Gasteiger partial charge on any atom is -0.338 e. The van der Waals surface area contributed by atoms with Crippen molar-refractivity contribution >= 4 is 5.91 Å². The molecular formula is C11H18N2O. The third-order valence-corrected chi connectivity index (χ3v) is 3.48. The van der Waals surface area contributed by atoms with Gasteiger partial charge >= 0.3 is 0 Å². The Labute approximate surface area is 85.5 Å². The third kappa shape index (κ3) is 1.75. The van der Waals surface area contributed by atoms with Gasteiger partial charge in [0.1, 0.15) is 5.54 Å². The second-order valence-electron chi connectivity index (χ2n) is 4.44. The lowest BCUT2D eigenvalue weighted by Gasteiger charge is -2.52. The van der Waals surface area contributed by atoms with Crippen molar-refractivity contribution in [2.75, 3.05) is 0 Å². The summed E-state index contributed by atoms with van der Waals surface area (Å²) in [7, 11) is 0. The molecule has 1 rings (SSSR count). The highest BCUT2D eigenvalue weighted by Crippen LogP contribution is 2.52. The molecule has 0 aromatic heterocycles. The molecule has 0 spiro atoms. The molecule has 3 nitrogen and oxygen atoms in total. The second-order valence-corrected chi connectivity index (χ2v) is 4.44. The number of carbonyl (C=O) groups excluding carboxylic acids is 1.